The molecule has 0 aromatic heterocycles. The SMILES string of the molecule is CCCOc1cccc(N2C(=O)C(=O)/C(=C(/O)c3ccc(Cl)cc3)C2c2ccc(CC)cc2)c1. The zero-order valence-corrected chi connectivity index (χ0v) is 19.9. The molecule has 0 aliphatic carbocycles. The third kappa shape index (κ3) is 4.57. The Morgan fingerprint density at radius 3 is 2.35 bits per heavy atom. The van der Waals surface area contributed by atoms with Gasteiger partial charge in [-0.3, -0.25) is 14.5 Å². The summed E-state index contributed by atoms with van der Waals surface area (Å²) in [6.07, 6.45) is 1.71. The first-order valence-corrected chi connectivity index (χ1v) is 11.7. The second-order valence-corrected chi connectivity index (χ2v) is 8.55. The number of halogens is 1. The van der Waals surface area contributed by atoms with Crippen molar-refractivity contribution in [2.75, 3.05) is 11.5 Å². The fourth-order valence-corrected chi connectivity index (χ4v) is 4.18. The smallest absolute Gasteiger partial charge is 0.300 e. The van der Waals surface area contributed by atoms with Crippen LogP contribution < -0.4 is 9.64 Å². The van der Waals surface area contributed by atoms with E-state index in [1.165, 1.54) is 4.90 Å². The number of ether oxygens (including phenoxy) is 1. The van der Waals surface area contributed by atoms with Gasteiger partial charge in [-0.25, -0.2) is 0 Å². The number of aliphatic hydroxyl groups is 1. The summed E-state index contributed by atoms with van der Waals surface area (Å²) in [7, 11) is 0. The second-order valence-electron chi connectivity index (χ2n) is 8.12. The molecule has 1 aliphatic rings. The Bertz CT molecular complexity index is 1230. The predicted octanol–water partition coefficient (Wildman–Crippen LogP) is 6.32. The van der Waals surface area contributed by atoms with Crippen LogP contribution in [0.4, 0.5) is 5.69 Å². The first-order valence-electron chi connectivity index (χ1n) is 11.3. The minimum absolute atomic E-state index is 0.0384. The first-order chi connectivity index (χ1) is 16.4. The topological polar surface area (TPSA) is 66.8 Å². The summed E-state index contributed by atoms with van der Waals surface area (Å²) in [5, 5.41) is 11.7. The highest BCUT2D eigenvalue weighted by atomic mass is 35.5. The number of Topliss-reactive ketones (excluding diaryl/α,β-unsaturated/α-hetero) is 1. The van der Waals surface area contributed by atoms with Crippen molar-refractivity contribution >= 4 is 34.7 Å². The number of carbonyl (C=O) groups excluding carboxylic acids is 2. The van der Waals surface area contributed by atoms with Gasteiger partial charge >= 0.3 is 0 Å². The minimum atomic E-state index is -0.789. The van der Waals surface area contributed by atoms with Crippen LogP contribution >= 0.6 is 11.6 Å². The molecular weight excluding hydrogens is 450 g/mol. The Hall–Kier alpha value is -3.57. The molecule has 0 bridgehead atoms. The molecule has 0 spiro atoms. The maximum atomic E-state index is 13.3. The van der Waals surface area contributed by atoms with Gasteiger partial charge in [-0.2, -0.15) is 0 Å². The Kier molecular flexibility index (Phi) is 7.03. The van der Waals surface area contributed by atoms with E-state index in [-0.39, 0.29) is 11.3 Å². The predicted molar refractivity (Wildman–Crippen MR) is 134 cm³/mol. The quantitative estimate of drug-likeness (QED) is 0.247. The molecule has 1 unspecified atom stereocenters. The highest BCUT2D eigenvalue weighted by molar-refractivity contribution is 6.51. The average Bonchev–Trinajstić information content (AvgIpc) is 3.13. The molecule has 1 aliphatic heterocycles. The Morgan fingerprint density at radius 2 is 1.71 bits per heavy atom. The normalized spacial score (nSPS) is 17.3. The molecule has 1 atom stereocenters. The van der Waals surface area contributed by atoms with E-state index < -0.39 is 17.7 Å². The third-order valence-electron chi connectivity index (χ3n) is 5.83. The number of hydrogen-bond donors (Lipinski definition) is 1. The number of nitrogens with zero attached hydrogens (tertiary/aromatic N) is 1. The number of anilines is 1. The number of ketones is 1. The number of rotatable bonds is 7. The zero-order valence-electron chi connectivity index (χ0n) is 19.1. The number of benzene rings is 3. The zero-order chi connectivity index (χ0) is 24.2. The Labute approximate surface area is 204 Å². The summed E-state index contributed by atoms with van der Waals surface area (Å²) in [6, 6.07) is 20.6. The molecule has 174 valence electrons. The number of aliphatic hydroxyl groups excluding tert-OH is 1. The van der Waals surface area contributed by atoms with Crippen LogP contribution in [0.2, 0.25) is 5.02 Å². The van der Waals surface area contributed by atoms with Gasteiger partial charge in [-0.15, -0.1) is 0 Å². The Morgan fingerprint density at radius 1 is 1.00 bits per heavy atom. The van der Waals surface area contributed by atoms with Crippen LogP contribution in [-0.4, -0.2) is 23.4 Å². The summed E-state index contributed by atoms with van der Waals surface area (Å²) >= 11 is 6.00. The maximum absolute atomic E-state index is 13.3. The number of carbonyl (C=O) groups is 2. The molecule has 0 saturated carbocycles. The molecule has 4 rings (SSSR count). The van der Waals surface area contributed by atoms with E-state index in [4.69, 9.17) is 16.3 Å². The van der Waals surface area contributed by atoms with Crippen molar-refractivity contribution in [2.45, 2.75) is 32.7 Å². The standard InChI is InChI=1S/C28H26ClNO4/c1-3-16-34-23-7-5-6-22(17-23)30-25(19-10-8-18(4-2)9-11-19)24(27(32)28(30)33)26(31)20-12-14-21(29)15-13-20/h5-15,17,25,31H,3-4,16H2,1-2H3/b26-24+. The molecule has 1 N–H and O–H groups in total. The van der Waals surface area contributed by atoms with E-state index in [0.717, 1.165) is 24.0 Å². The van der Waals surface area contributed by atoms with Crippen molar-refractivity contribution < 1.29 is 19.4 Å². The van der Waals surface area contributed by atoms with Crippen LogP contribution in [0.5, 0.6) is 5.75 Å². The van der Waals surface area contributed by atoms with Gasteiger partial charge < -0.3 is 9.84 Å². The van der Waals surface area contributed by atoms with Crippen LogP contribution in [-0.2, 0) is 16.0 Å². The highest BCUT2D eigenvalue weighted by Gasteiger charge is 2.47. The number of hydrogen-bond acceptors (Lipinski definition) is 4. The summed E-state index contributed by atoms with van der Waals surface area (Å²) < 4.78 is 5.75. The molecule has 1 heterocycles. The van der Waals surface area contributed by atoms with E-state index in [2.05, 4.69) is 6.92 Å². The van der Waals surface area contributed by atoms with Crippen molar-refractivity contribution in [1.82, 2.24) is 0 Å². The lowest BCUT2D eigenvalue weighted by atomic mass is 9.94. The molecule has 1 amide bonds. The van der Waals surface area contributed by atoms with Crippen LogP contribution in [0, 0.1) is 0 Å². The summed E-state index contributed by atoms with van der Waals surface area (Å²) in [5.74, 6) is -1.07. The van der Waals surface area contributed by atoms with E-state index in [9.17, 15) is 14.7 Å². The van der Waals surface area contributed by atoms with Gasteiger partial charge in [0.05, 0.1) is 18.2 Å². The van der Waals surface area contributed by atoms with Gasteiger partial charge in [0.25, 0.3) is 11.7 Å². The number of aryl methyl sites for hydroxylation is 1. The molecule has 3 aromatic carbocycles. The molecule has 6 heteroatoms. The van der Waals surface area contributed by atoms with Crippen LogP contribution in [0.25, 0.3) is 5.76 Å². The van der Waals surface area contributed by atoms with Crippen molar-refractivity contribution in [3.63, 3.8) is 0 Å². The van der Waals surface area contributed by atoms with Gasteiger partial charge in [0.2, 0.25) is 0 Å². The molecule has 0 radical (unpaired) electrons. The lowest BCUT2D eigenvalue weighted by Gasteiger charge is -2.26. The van der Waals surface area contributed by atoms with Gasteiger partial charge in [0, 0.05) is 22.3 Å². The molecule has 1 fully saturated rings. The van der Waals surface area contributed by atoms with E-state index in [1.54, 1.807) is 42.5 Å². The molecule has 3 aromatic rings. The van der Waals surface area contributed by atoms with Crippen molar-refractivity contribution in [1.29, 1.82) is 0 Å². The highest BCUT2D eigenvalue weighted by Crippen LogP contribution is 2.43. The van der Waals surface area contributed by atoms with Crippen LogP contribution in [0.15, 0.2) is 78.4 Å². The molecule has 1 saturated heterocycles. The average molecular weight is 476 g/mol. The van der Waals surface area contributed by atoms with Gasteiger partial charge in [-0.1, -0.05) is 55.8 Å². The molecular formula is C28H26ClNO4. The second kappa shape index (κ2) is 10.1. The fourth-order valence-electron chi connectivity index (χ4n) is 4.06. The van der Waals surface area contributed by atoms with E-state index in [0.29, 0.717) is 28.6 Å². The monoisotopic (exact) mass is 475 g/mol. The lowest BCUT2D eigenvalue weighted by molar-refractivity contribution is -0.132. The first kappa shape index (κ1) is 23.6. The molecule has 34 heavy (non-hydrogen) atoms. The third-order valence-corrected chi connectivity index (χ3v) is 6.09. The van der Waals surface area contributed by atoms with Crippen molar-refractivity contribution in [3.05, 3.63) is 100 Å². The van der Waals surface area contributed by atoms with Crippen molar-refractivity contribution in [2.24, 2.45) is 0 Å². The number of amides is 1. The van der Waals surface area contributed by atoms with Gasteiger partial charge in [-0.05, 0) is 60.4 Å². The summed E-state index contributed by atoms with van der Waals surface area (Å²) in [5.41, 5.74) is 2.84. The fraction of sp³-hybridized carbons (Fsp3) is 0.214. The lowest BCUT2D eigenvalue weighted by Crippen LogP contribution is -2.29. The molecule has 5 nitrogen and oxygen atoms in total. The minimum Gasteiger partial charge on any atom is -0.507 e. The van der Waals surface area contributed by atoms with Crippen LogP contribution in [0.3, 0.4) is 0 Å². The largest absolute Gasteiger partial charge is 0.507 e. The Balaban J connectivity index is 1.88. The van der Waals surface area contributed by atoms with Crippen LogP contribution in [0.1, 0.15) is 43.0 Å². The van der Waals surface area contributed by atoms with E-state index >= 15 is 0 Å². The van der Waals surface area contributed by atoms with E-state index in [1.807, 2.05) is 37.3 Å². The summed E-state index contributed by atoms with van der Waals surface area (Å²) in [4.78, 5) is 28.0. The van der Waals surface area contributed by atoms with Gasteiger partial charge in [0.1, 0.15) is 11.5 Å². The van der Waals surface area contributed by atoms with Gasteiger partial charge in [0.15, 0.2) is 0 Å². The summed E-state index contributed by atoms with van der Waals surface area (Å²) in [6.45, 7) is 4.61. The van der Waals surface area contributed by atoms with Crippen molar-refractivity contribution in [3.8, 4) is 5.75 Å². The maximum Gasteiger partial charge on any atom is 0.300 e.